The number of rotatable bonds is 2. The van der Waals surface area contributed by atoms with Crippen LogP contribution in [0.2, 0.25) is 0 Å². The lowest BCUT2D eigenvalue weighted by atomic mass is 9.63. The van der Waals surface area contributed by atoms with Crippen molar-refractivity contribution in [3.63, 3.8) is 0 Å². The maximum Gasteiger partial charge on any atom is 0.232 e. The Balaban J connectivity index is 2.43. The standard InChI is InChI=1S/C13H16FNO/c1-15(2)12(16)13(8-5-9-13)10-6-3-4-7-11(10)14/h3-4,6-7H,5,8-9H2,1-2H3. The van der Waals surface area contributed by atoms with Gasteiger partial charge in [-0.1, -0.05) is 24.6 Å². The van der Waals surface area contributed by atoms with Crippen molar-refractivity contribution in [1.82, 2.24) is 4.90 Å². The summed E-state index contributed by atoms with van der Waals surface area (Å²) in [5, 5.41) is 0. The van der Waals surface area contributed by atoms with Gasteiger partial charge >= 0.3 is 0 Å². The predicted octanol–water partition coefficient (Wildman–Crippen LogP) is 2.34. The molecular weight excluding hydrogens is 205 g/mol. The summed E-state index contributed by atoms with van der Waals surface area (Å²) in [4.78, 5) is 13.7. The zero-order valence-corrected chi connectivity index (χ0v) is 9.66. The van der Waals surface area contributed by atoms with Gasteiger partial charge in [-0.05, 0) is 18.9 Å². The van der Waals surface area contributed by atoms with E-state index >= 15 is 0 Å². The summed E-state index contributed by atoms with van der Waals surface area (Å²) in [6, 6.07) is 6.61. The van der Waals surface area contributed by atoms with E-state index in [9.17, 15) is 9.18 Å². The molecule has 1 aliphatic rings. The number of amides is 1. The van der Waals surface area contributed by atoms with Gasteiger partial charge in [0.2, 0.25) is 5.91 Å². The van der Waals surface area contributed by atoms with Crippen LogP contribution in [0.25, 0.3) is 0 Å². The number of nitrogens with zero attached hydrogens (tertiary/aromatic N) is 1. The molecule has 1 amide bonds. The number of benzene rings is 1. The molecule has 86 valence electrons. The largest absolute Gasteiger partial charge is 0.348 e. The second-order valence-corrected chi connectivity index (χ2v) is 4.62. The minimum Gasteiger partial charge on any atom is -0.348 e. The van der Waals surface area contributed by atoms with E-state index in [2.05, 4.69) is 0 Å². The average molecular weight is 221 g/mol. The van der Waals surface area contributed by atoms with Crippen LogP contribution in [-0.4, -0.2) is 24.9 Å². The van der Waals surface area contributed by atoms with Gasteiger partial charge in [-0.25, -0.2) is 4.39 Å². The summed E-state index contributed by atoms with van der Waals surface area (Å²) in [7, 11) is 3.45. The molecule has 3 heteroatoms. The highest BCUT2D eigenvalue weighted by Crippen LogP contribution is 2.45. The van der Waals surface area contributed by atoms with Crippen LogP contribution >= 0.6 is 0 Å². The lowest BCUT2D eigenvalue weighted by Crippen LogP contribution is -2.49. The second-order valence-electron chi connectivity index (χ2n) is 4.62. The molecule has 0 bridgehead atoms. The zero-order valence-electron chi connectivity index (χ0n) is 9.66. The molecule has 0 spiro atoms. The first-order chi connectivity index (χ1) is 7.58. The first-order valence-electron chi connectivity index (χ1n) is 5.55. The van der Waals surface area contributed by atoms with Crippen LogP contribution in [0, 0.1) is 5.82 Å². The van der Waals surface area contributed by atoms with E-state index < -0.39 is 5.41 Å². The fraction of sp³-hybridized carbons (Fsp3) is 0.462. The summed E-state index contributed by atoms with van der Waals surface area (Å²) in [5.41, 5.74) is -0.0468. The van der Waals surface area contributed by atoms with Crippen molar-refractivity contribution < 1.29 is 9.18 Å². The molecule has 0 aromatic heterocycles. The van der Waals surface area contributed by atoms with Crippen LogP contribution in [0.4, 0.5) is 4.39 Å². The molecule has 1 aliphatic carbocycles. The van der Waals surface area contributed by atoms with E-state index in [0.717, 1.165) is 19.3 Å². The van der Waals surface area contributed by atoms with E-state index in [4.69, 9.17) is 0 Å². The number of halogens is 1. The maximum atomic E-state index is 13.8. The number of hydrogen-bond acceptors (Lipinski definition) is 1. The van der Waals surface area contributed by atoms with E-state index in [-0.39, 0.29) is 11.7 Å². The van der Waals surface area contributed by atoms with Crippen molar-refractivity contribution in [1.29, 1.82) is 0 Å². The quantitative estimate of drug-likeness (QED) is 0.750. The Labute approximate surface area is 95.1 Å². The number of carbonyl (C=O) groups is 1. The Morgan fingerprint density at radius 3 is 2.38 bits per heavy atom. The van der Waals surface area contributed by atoms with Gasteiger partial charge in [0.15, 0.2) is 0 Å². The van der Waals surface area contributed by atoms with Crippen molar-refractivity contribution in [3.8, 4) is 0 Å². The summed E-state index contributed by atoms with van der Waals surface area (Å²) < 4.78 is 13.8. The second kappa shape index (κ2) is 3.89. The minimum absolute atomic E-state index is 0.0175. The van der Waals surface area contributed by atoms with Crippen molar-refractivity contribution in [2.24, 2.45) is 0 Å². The fourth-order valence-electron chi connectivity index (χ4n) is 2.41. The normalized spacial score (nSPS) is 17.7. The average Bonchev–Trinajstić information content (AvgIpc) is 2.18. The van der Waals surface area contributed by atoms with Gasteiger partial charge < -0.3 is 4.90 Å². The zero-order chi connectivity index (χ0) is 11.8. The Morgan fingerprint density at radius 1 is 1.31 bits per heavy atom. The molecule has 0 N–H and O–H groups in total. The molecule has 0 atom stereocenters. The van der Waals surface area contributed by atoms with Crippen LogP contribution in [-0.2, 0) is 10.2 Å². The van der Waals surface area contributed by atoms with Gasteiger partial charge in [0, 0.05) is 19.7 Å². The Hall–Kier alpha value is -1.38. The summed E-state index contributed by atoms with van der Waals surface area (Å²) >= 11 is 0. The molecule has 0 aliphatic heterocycles. The number of likely N-dealkylation sites (N-methyl/N-ethyl adjacent to an activating group) is 1. The van der Waals surface area contributed by atoms with E-state index in [1.54, 1.807) is 37.2 Å². The summed E-state index contributed by atoms with van der Waals surface area (Å²) in [5.74, 6) is -0.249. The van der Waals surface area contributed by atoms with Crippen molar-refractivity contribution in [2.75, 3.05) is 14.1 Å². The molecule has 0 unspecified atom stereocenters. The van der Waals surface area contributed by atoms with Gasteiger partial charge in [-0.15, -0.1) is 0 Å². The van der Waals surface area contributed by atoms with E-state index in [1.165, 1.54) is 6.07 Å². The third-order valence-corrected chi connectivity index (χ3v) is 3.41. The molecule has 2 nitrogen and oxygen atoms in total. The summed E-state index contributed by atoms with van der Waals surface area (Å²) in [6.07, 6.45) is 2.50. The van der Waals surface area contributed by atoms with Crippen LogP contribution in [0.3, 0.4) is 0 Å². The van der Waals surface area contributed by atoms with Gasteiger partial charge in [-0.3, -0.25) is 4.79 Å². The highest BCUT2D eigenvalue weighted by Gasteiger charge is 2.47. The molecule has 1 saturated carbocycles. The highest BCUT2D eigenvalue weighted by atomic mass is 19.1. The monoisotopic (exact) mass is 221 g/mol. The van der Waals surface area contributed by atoms with E-state index in [1.807, 2.05) is 0 Å². The van der Waals surface area contributed by atoms with Crippen molar-refractivity contribution >= 4 is 5.91 Å². The predicted molar refractivity (Wildman–Crippen MR) is 60.6 cm³/mol. The fourth-order valence-corrected chi connectivity index (χ4v) is 2.41. The molecule has 0 heterocycles. The highest BCUT2D eigenvalue weighted by molar-refractivity contribution is 5.89. The summed E-state index contributed by atoms with van der Waals surface area (Å²) in [6.45, 7) is 0. The topological polar surface area (TPSA) is 20.3 Å². The van der Waals surface area contributed by atoms with Crippen LogP contribution in [0.1, 0.15) is 24.8 Å². The van der Waals surface area contributed by atoms with Crippen LogP contribution < -0.4 is 0 Å². The van der Waals surface area contributed by atoms with Gasteiger partial charge in [0.25, 0.3) is 0 Å². The third kappa shape index (κ3) is 1.51. The molecule has 16 heavy (non-hydrogen) atoms. The molecule has 1 fully saturated rings. The first kappa shape index (κ1) is 11.1. The SMILES string of the molecule is CN(C)C(=O)C1(c2ccccc2F)CCC1. The number of carbonyl (C=O) groups excluding carboxylic acids is 1. The minimum atomic E-state index is -0.602. The van der Waals surface area contributed by atoms with Crippen molar-refractivity contribution in [3.05, 3.63) is 35.6 Å². The maximum absolute atomic E-state index is 13.8. The third-order valence-electron chi connectivity index (χ3n) is 3.41. The Bertz CT molecular complexity index is 410. The molecule has 1 aromatic rings. The van der Waals surface area contributed by atoms with Gasteiger partial charge in [0.05, 0.1) is 5.41 Å². The van der Waals surface area contributed by atoms with Crippen LogP contribution in [0.5, 0.6) is 0 Å². The number of hydrogen-bond donors (Lipinski definition) is 0. The molecule has 1 aromatic carbocycles. The lowest BCUT2D eigenvalue weighted by molar-refractivity contribution is -0.138. The first-order valence-corrected chi connectivity index (χ1v) is 5.55. The molecular formula is C13H16FNO. The smallest absolute Gasteiger partial charge is 0.232 e. The van der Waals surface area contributed by atoms with Gasteiger partial charge in [0.1, 0.15) is 5.82 Å². The van der Waals surface area contributed by atoms with E-state index in [0.29, 0.717) is 5.56 Å². The van der Waals surface area contributed by atoms with Crippen molar-refractivity contribution in [2.45, 2.75) is 24.7 Å². The van der Waals surface area contributed by atoms with Gasteiger partial charge in [-0.2, -0.15) is 0 Å². The molecule has 2 rings (SSSR count). The Morgan fingerprint density at radius 2 is 1.94 bits per heavy atom. The lowest BCUT2D eigenvalue weighted by Gasteiger charge is -2.42. The Kier molecular flexibility index (Phi) is 2.70. The van der Waals surface area contributed by atoms with Crippen LogP contribution in [0.15, 0.2) is 24.3 Å². The molecule has 0 radical (unpaired) electrons. The molecule has 0 saturated heterocycles.